The third-order valence-electron chi connectivity index (χ3n) is 3.15. The Bertz CT molecular complexity index is 600. The lowest BCUT2D eigenvalue weighted by molar-refractivity contribution is 0.404. The van der Waals surface area contributed by atoms with Gasteiger partial charge in [-0.2, -0.15) is 0 Å². The summed E-state index contributed by atoms with van der Waals surface area (Å²) < 4.78 is 7.99. The lowest BCUT2D eigenvalue weighted by atomic mass is 9.99. The third kappa shape index (κ3) is 3.55. The van der Waals surface area contributed by atoms with E-state index in [0.29, 0.717) is 0 Å². The lowest BCUT2D eigenvalue weighted by Gasteiger charge is -2.21. The van der Waals surface area contributed by atoms with Crippen LogP contribution in [0.1, 0.15) is 29.7 Å². The van der Waals surface area contributed by atoms with Gasteiger partial charge in [-0.3, -0.25) is 0 Å². The van der Waals surface area contributed by atoms with E-state index in [4.69, 9.17) is 4.74 Å². The second kappa shape index (κ2) is 7.24. The van der Waals surface area contributed by atoms with E-state index in [-0.39, 0.29) is 6.04 Å². The van der Waals surface area contributed by atoms with Crippen LogP contribution in [0.4, 0.5) is 0 Å². The largest absolute Gasteiger partial charge is 0.496 e. The molecule has 0 saturated heterocycles. The topological polar surface area (TPSA) is 21.3 Å². The van der Waals surface area contributed by atoms with Crippen LogP contribution in [0.5, 0.6) is 5.75 Å². The monoisotopic (exact) mass is 465 g/mol. The fraction of sp³-hybridized carbons (Fsp3) is 0.333. The SMILES string of the molecule is CCNC(c1csc(I)c1)c1cc(Br)c(C)cc1OC. The number of methoxy groups -OCH3 is 1. The Kier molecular flexibility index (Phi) is 5.89. The van der Waals surface area contributed by atoms with Crippen LogP contribution < -0.4 is 10.1 Å². The quantitative estimate of drug-likeness (QED) is 0.618. The van der Waals surface area contributed by atoms with Crippen LogP contribution in [0, 0.1) is 9.81 Å². The van der Waals surface area contributed by atoms with Gasteiger partial charge in [0.15, 0.2) is 0 Å². The number of hydrogen-bond donors (Lipinski definition) is 1. The summed E-state index contributed by atoms with van der Waals surface area (Å²) in [6.45, 7) is 5.11. The van der Waals surface area contributed by atoms with Crippen molar-refractivity contribution in [2.75, 3.05) is 13.7 Å². The maximum absolute atomic E-state index is 5.58. The van der Waals surface area contributed by atoms with Gasteiger partial charge >= 0.3 is 0 Å². The molecule has 0 fully saturated rings. The number of nitrogens with one attached hydrogen (secondary N) is 1. The minimum absolute atomic E-state index is 0.159. The van der Waals surface area contributed by atoms with Crippen molar-refractivity contribution in [3.05, 3.63) is 47.6 Å². The van der Waals surface area contributed by atoms with E-state index in [0.717, 1.165) is 16.8 Å². The minimum Gasteiger partial charge on any atom is -0.496 e. The first-order chi connectivity index (χ1) is 9.56. The number of rotatable bonds is 5. The fourth-order valence-electron chi connectivity index (χ4n) is 2.16. The Labute approximate surface area is 146 Å². The zero-order valence-electron chi connectivity index (χ0n) is 11.7. The van der Waals surface area contributed by atoms with Crippen molar-refractivity contribution in [2.24, 2.45) is 0 Å². The molecule has 0 aliphatic rings. The van der Waals surface area contributed by atoms with Crippen LogP contribution >= 0.6 is 49.9 Å². The van der Waals surface area contributed by atoms with Crippen molar-refractivity contribution >= 4 is 49.9 Å². The van der Waals surface area contributed by atoms with Crippen molar-refractivity contribution in [3.8, 4) is 5.75 Å². The van der Waals surface area contributed by atoms with E-state index in [1.54, 1.807) is 18.4 Å². The van der Waals surface area contributed by atoms with Crippen molar-refractivity contribution in [1.82, 2.24) is 5.32 Å². The molecule has 5 heteroatoms. The molecule has 1 atom stereocenters. The van der Waals surface area contributed by atoms with E-state index >= 15 is 0 Å². The van der Waals surface area contributed by atoms with Gasteiger partial charge in [-0.25, -0.2) is 0 Å². The predicted octanol–water partition coefficient (Wildman–Crippen LogP) is 5.13. The molecule has 1 N–H and O–H groups in total. The molecule has 0 aliphatic heterocycles. The highest BCUT2D eigenvalue weighted by Crippen LogP contribution is 2.36. The maximum Gasteiger partial charge on any atom is 0.124 e. The van der Waals surface area contributed by atoms with E-state index in [2.05, 4.69) is 81.3 Å². The molecule has 0 amide bonds. The number of halogens is 2. The van der Waals surface area contributed by atoms with Crippen LogP contribution in [0.2, 0.25) is 0 Å². The molecule has 2 aromatic rings. The second-order valence-electron chi connectivity index (χ2n) is 4.52. The molecule has 1 unspecified atom stereocenters. The van der Waals surface area contributed by atoms with E-state index < -0.39 is 0 Å². The summed E-state index contributed by atoms with van der Waals surface area (Å²) in [6, 6.07) is 6.63. The molecule has 20 heavy (non-hydrogen) atoms. The second-order valence-corrected chi connectivity index (χ2v) is 8.18. The first-order valence-corrected chi connectivity index (χ1v) is 9.13. The highest BCUT2D eigenvalue weighted by atomic mass is 127. The maximum atomic E-state index is 5.58. The number of thiophene rings is 1. The van der Waals surface area contributed by atoms with Gasteiger partial charge in [0.05, 0.1) is 16.0 Å². The highest BCUT2D eigenvalue weighted by Gasteiger charge is 2.19. The van der Waals surface area contributed by atoms with Gasteiger partial charge in [0.2, 0.25) is 0 Å². The Hall–Kier alpha value is -0.110. The van der Waals surface area contributed by atoms with Crippen LogP contribution in [0.15, 0.2) is 28.1 Å². The zero-order chi connectivity index (χ0) is 14.7. The summed E-state index contributed by atoms with van der Waals surface area (Å²) in [7, 11) is 1.73. The summed E-state index contributed by atoms with van der Waals surface area (Å²) in [4.78, 5) is 0. The van der Waals surface area contributed by atoms with E-state index in [1.165, 1.54) is 19.6 Å². The molecular weight excluding hydrogens is 449 g/mol. The smallest absolute Gasteiger partial charge is 0.124 e. The van der Waals surface area contributed by atoms with Crippen molar-refractivity contribution < 1.29 is 4.74 Å². The molecule has 0 spiro atoms. The van der Waals surface area contributed by atoms with Crippen molar-refractivity contribution in [3.63, 3.8) is 0 Å². The van der Waals surface area contributed by atoms with Gasteiger partial charge < -0.3 is 10.1 Å². The fourth-order valence-corrected chi connectivity index (χ4v) is 3.92. The van der Waals surface area contributed by atoms with Crippen LogP contribution in [-0.4, -0.2) is 13.7 Å². The lowest BCUT2D eigenvalue weighted by Crippen LogP contribution is -2.22. The Morgan fingerprint density at radius 1 is 1.40 bits per heavy atom. The molecule has 0 aliphatic carbocycles. The Balaban J connectivity index is 2.51. The van der Waals surface area contributed by atoms with E-state index in [1.807, 2.05) is 0 Å². The Morgan fingerprint density at radius 3 is 2.70 bits per heavy atom. The van der Waals surface area contributed by atoms with Gasteiger partial charge in [0.1, 0.15) is 5.75 Å². The minimum atomic E-state index is 0.159. The van der Waals surface area contributed by atoms with Gasteiger partial charge in [-0.15, -0.1) is 11.3 Å². The van der Waals surface area contributed by atoms with Crippen LogP contribution in [0.25, 0.3) is 0 Å². The first kappa shape index (κ1) is 16.3. The Morgan fingerprint density at radius 2 is 2.15 bits per heavy atom. The summed E-state index contributed by atoms with van der Waals surface area (Å²) in [5, 5.41) is 5.76. The molecule has 2 rings (SSSR count). The van der Waals surface area contributed by atoms with Crippen molar-refractivity contribution in [2.45, 2.75) is 19.9 Å². The van der Waals surface area contributed by atoms with Crippen LogP contribution in [0.3, 0.4) is 0 Å². The average Bonchev–Trinajstić information content (AvgIpc) is 2.85. The normalized spacial score (nSPS) is 12.4. The number of ether oxygens (including phenoxy) is 1. The van der Waals surface area contributed by atoms with Crippen molar-refractivity contribution in [1.29, 1.82) is 0 Å². The van der Waals surface area contributed by atoms with Gasteiger partial charge in [0.25, 0.3) is 0 Å². The predicted molar refractivity (Wildman–Crippen MR) is 98.0 cm³/mol. The number of benzene rings is 1. The van der Waals surface area contributed by atoms with Gasteiger partial charge in [-0.1, -0.05) is 22.9 Å². The summed E-state index contributed by atoms with van der Waals surface area (Å²) >= 11 is 7.75. The third-order valence-corrected chi connectivity index (χ3v) is 5.81. The molecule has 2 nitrogen and oxygen atoms in total. The number of hydrogen-bond acceptors (Lipinski definition) is 3. The molecule has 1 aromatic carbocycles. The molecular formula is C15H17BrINOS. The zero-order valence-corrected chi connectivity index (χ0v) is 16.2. The summed E-state index contributed by atoms with van der Waals surface area (Å²) in [5.74, 6) is 0.929. The molecule has 108 valence electrons. The first-order valence-electron chi connectivity index (χ1n) is 6.38. The average molecular weight is 466 g/mol. The highest BCUT2D eigenvalue weighted by molar-refractivity contribution is 14.1. The molecule has 1 heterocycles. The van der Waals surface area contributed by atoms with Gasteiger partial charge in [0, 0.05) is 10.0 Å². The summed E-state index contributed by atoms with van der Waals surface area (Å²) in [5.41, 5.74) is 3.64. The molecule has 0 radical (unpaired) electrons. The molecule has 1 aromatic heterocycles. The molecule has 0 bridgehead atoms. The molecule has 0 saturated carbocycles. The summed E-state index contributed by atoms with van der Waals surface area (Å²) in [6.07, 6.45) is 0. The van der Waals surface area contributed by atoms with Crippen LogP contribution in [-0.2, 0) is 0 Å². The standard InChI is InChI=1S/C15H17BrINOS/c1-4-18-15(10-6-14(17)20-8-10)11-7-12(16)9(2)5-13(11)19-3/h5-8,15,18H,4H2,1-3H3. The van der Waals surface area contributed by atoms with Gasteiger partial charge in [-0.05, 0) is 70.8 Å². The van der Waals surface area contributed by atoms with E-state index in [9.17, 15) is 0 Å². The number of aryl methyl sites for hydroxylation is 1.